The van der Waals surface area contributed by atoms with Crippen molar-refractivity contribution in [3.63, 3.8) is 0 Å². The lowest BCUT2D eigenvalue weighted by Crippen LogP contribution is -2.31. The molecule has 1 atom stereocenters. The summed E-state index contributed by atoms with van der Waals surface area (Å²) in [6.45, 7) is 6.64. The van der Waals surface area contributed by atoms with Gasteiger partial charge in [-0.2, -0.15) is 10.2 Å². The summed E-state index contributed by atoms with van der Waals surface area (Å²) in [6.07, 6.45) is 3.62. The second-order valence-corrected chi connectivity index (χ2v) is 5.69. The minimum atomic E-state index is -0.185. The van der Waals surface area contributed by atoms with Gasteiger partial charge in [0.1, 0.15) is 0 Å². The van der Waals surface area contributed by atoms with Gasteiger partial charge in [0.05, 0.1) is 35.1 Å². The minimum absolute atomic E-state index is 0.0115. The molecular formula is C14H20ClN5O. The molecule has 7 heteroatoms. The summed E-state index contributed by atoms with van der Waals surface area (Å²) in [5.41, 5.74) is 2.66. The Bertz CT molecular complexity index is 646. The van der Waals surface area contributed by atoms with E-state index in [9.17, 15) is 4.79 Å². The fourth-order valence-corrected chi connectivity index (χ4v) is 2.26. The smallest absolute Gasteiger partial charge is 0.224 e. The molecule has 0 aromatic carbocycles. The monoisotopic (exact) mass is 309 g/mol. The van der Waals surface area contributed by atoms with Crippen molar-refractivity contribution >= 4 is 17.5 Å². The van der Waals surface area contributed by atoms with Gasteiger partial charge >= 0.3 is 0 Å². The number of nitrogens with one attached hydrogen (secondary N) is 1. The number of nitrogens with zero attached hydrogens (tertiary/aromatic N) is 4. The Morgan fingerprint density at radius 1 is 1.48 bits per heavy atom. The molecule has 0 saturated heterocycles. The van der Waals surface area contributed by atoms with E-state index in [0.717, 1.165) is 17.0 Å². The number of hydrogen-bond acceptors (Lipinski definition) is 3. The fourth-order valence-electron chi connectivity index (χ4n) is 2.12. The molecule has 1 N–H and O–H groups in total. The maximum absolute atomic E-state index is 12.1. The number of halogens is 1. The number of aromatic nitrogens is 4. The summed E-state index contributed by atoms with van der Waals surface area (Å²) in [7, 11) is 1.85. The van der Waals surface area contributed by atoms with Crippen LogP contribution in [0.25, 0.3) is 0 Å². The van der Waals surface area contributed by atoms with Crippen molar-refractivity contribution in [1.29, 1.82) is 0 Å². The SMILES string of the molecule is Cc1nn(CC(C)C(=O)NCc2cnn(C)c2)c(C)c1Cl. The van der Waals surface area contributed by atoms with Gasteiger partial charge in [0.15, 0.2) is 0 Å². The van der Waals surface area contributed by atoms with Crippen LogP contribution in [0.3, 0.4) is 0 Å². The maximum Gasteiger partial charge on any atom is 0.224 e. The second kappa shape index (κ2) is 6.30. The lowest BCUT2D eigenvalue weighted by molar-refractivity contribution is -0.125. The second-order valence-electron chi connectivity index (χ2n) is 5.31. The predicted octanol–water partition coefficient (Wildman–Crippen LogP) is 1.84. The van der Waals surface area contributed by atoms with Crippen LogP contribution in [-0.4, -0.2) is 25.5 Å². The minimum Gasteiger partial charge on any atom is -0.352 e. The highest BCUT2D eigenvalue weighted by atomic mass is 35.5. The van der Waals surface area contributed by atoms with Crippen molar-refractivity contribution in [2.45, 2.75) is 33.9 Å². The molecule has 2 aromatic heterocycles. The third-order valence-corrected chi connectivity index (χ3v) is 3.96. The summed E-state index contributed by atoms with van der Waals surface area (Å²) in [5.74, 6) is -0.196. The van der Waals surface area contributed by atoms with Crippen LogP contribution in [0, 0.1) is 19.8 Å². The van der Waals surface area contributed by atoms with E-state index in [4.69, 9.17) is 11.6 Å². The Morgan fingerprint density at radius 3 is 2.71 bits per heavy atom. The third kappa shape index (κ3) is 3.64. The van der Waals surface area contributed by atoms with Gasteiger partial charge in [0, 0.05) is 25.4 Å². The summed E-state index contributed by atoms with van der Waals surface area (Å²) >= 11 is 6.11. The molecule has 2 rings (SSSR count). The molecule has 2 heterocycles. The van der Waals surface area contributed by atoms with Crippen LogP contribution in [0.1, 0.15) is 23.9 Å². The Morgan fingerprint density at radius 2 is 2.19 bits per heavy atom. The van der Waals surface area contributed by atoms with E-state index < -0.39 is 0 Å². The van der Waals surface area contributed by atoms with Crippen LogP contribution in [0.5, 0.6) is 0 Å². The highest BCUT2D eigenvalue weighted by molar-refractivity contribution is 6.31. The molecule has 1 unspecified atom stereocenters. The molecule has 6 nitrogen and oxygen atoms in total. The van der Waals surface area contributed by atoms with Crippen molar-refractivity contribution in [3.05, 3.63) is 34.4 Å². The molecule has 2 aromatic rings. The third-order valence-electron chi connectivity index (χ3n) is 3.41. The Hall–Kier alpha value is -1.82. The largest absolute Gasteiger partial charge is 0.352 e. The number of carbonyl (C=O) groups is 1. The molecule has 0 saturated carbocycles. The zero-order valence-electron chi connectivity index (χ0n) is 12.7. The van der Waals surface area contributed by atoms with Crippen molar-refractivity contribution in [2.75, 3.05) is 0 Å². The lowest BCUT2D eigenvalue weighted by atomic mass is 10.1. The van der Waals surface area contributed by atoms with Crippen molar-refractivity contribution in [3.8, 4) is 0 Å². The number of amides is 1. The summed E-state index contributed by atoms with van der Waals surface area (Å²) in [4.78, 5) is 12.1. The zero-order chi connectivity index (χ0) is 15.6. The van der Waals surface area contributed by atoms with Gasteiger partial charge in [-0.1, -0.05) is 18.5 Å². The van der Waals surface area contributed by atoms with Gasteiger partial charge < -0.3 is 5.32 Å². The van der Waals surface area contributed by atoms with E-state index in [1.807, 2.05) is 34.0 Å². The van der Waals surface area contributed by atoms with Crippen molar-refractivity contribution in [1.82, 2.24) is 24.9 Å². The molecule has 114 valence electrons. The highest BCUT2D eigenvalue weighted by Gasteiger charge is 2.17. The highest BCUT2D eigenvalue weighted by Crippen LogP contribution is 2.19. The van der Waals surface area contributed by atoms with Gasteiger partial charge in [0.2, 0.25) is 5.91 Å². The van der Waals surface area contributed by atoms with Crippen LogP contribution in [0.2, 0.25) is 5.02 Å². The van der Waals surface area contributed by atoms with Crippen molar-refractivity contribution in [2.24, 2.45) is 13.0 Å². The Balaban J connectivity index is 1.91. The van der Waals surface area contributed by atoms with E-state index in [0.29, 0.717) is 18.1 Å². The molecule has 0 radical (unpaired) electrons. The first-order valence-electron chi connectivity index (χ1n) is 6.83. The van der Waals surface area contributed by atoms with Gasteiger partial charge in [-0.05, 0) is 13.8 Å². The molecule has 0 aliphatic carbocycles. The van der Waals surface area contributed by atoms with Crippen LogP contribution in [0.15, 0.2) is 12.4 Å². The van der Waals surface area contributed by atoms with Gasteiger partial charge in [-0.25, -0.2) is 0 Å². The van der Waals surface area contributed by atoms with E-state index >= 15 is 0 Å². The van der Waals surface area contributed by atoms with Crippen LogP contribution in [0.4, 0.5) is 0 Å². The Labute approximate surface area is 129 Å². The molecule has 0 spiro atoms. The van der Waals surface area contributed by atoms with E-state index in [1.54, 1.807) is 15.6 Å². The number of rotatable bonds is 5. The maximum atomic E-state index is 12.1. The molecule has 1 amide bonds. The van der Waals surface area contributed by atoms with Gasteiger partial charge in [-0.15, -0.1) is 0 Å². The number of aryl methyl sites for hydroxylation is 2. The summed E-state index contributed by atoms with van der Waals surface area (Å²) in [5, 5.41) is 12.0. The van der Waals surface area contributed by atoms with E-state index in [-0.39, 0.29) is 11.8 Å². The zero-order valence-corrected chi connectivity index (χ0v) is 13.5. The van der Waals surface area contributed by atoms with Crippen LogP contribution >= 0.6 is 11.6 Å². The average molecular weight is 310 g/mol. The molecule has 0 aliphatic heterocycles. The fraction of sp³-hybridized carbons (Fsp3) is 0.500. The molecule has 0 bridgehead atoms. The van der Waals surface area contributed by atoms with Gasteiger partial charge in [0.25, 0.3) is 0 Å². The quantitative estimate of drug-likeness (QED) is 0.916. The lowest BCUT2D eigenvalue weighted by Gasteiger charge is -2.13. The summed E-state index contributed by atoms with van der Waals surface area (Å²) in [6, 6.07) is 0. The molecular weight excluding hydrogens is 290 g/mol. The van der Waals surface area contributed by atoms with E-state index in [2.05, 4.69) is 15.5 Å². The van der Waals surface area contributed by atoms with Crippen LogP contribution in [-0.2, 0) is 24.9 Å². The number of carbonyl (C=O) groups excluding carboxylic acids is 1. The first-order chi connectivity index (χ1) is 9.88. The normalized spacial score (nSPS) is 12.4. The topological polar surface area (TPSA) is 64.7 Å². The Kier molecular flexibility index (Phi) is 4.67. The molecule has 21 heavy (non-hydrogen) atoms. The molecule has 0 aliphatic rings. The standard InChI is InChI=1S/C14H20ClN5O/c1-9(7-20-11(3)13(15)10(2)18-20)14(21)16-5-12-6-17-19(4)8-12/h6,8-9H,5,7H2,1-4H3,(H,16,21). The first-order valence-corrected chi connectivity index (χ1v) is 7.21. The first kappa shape index (κ1) is 15.6. The van der Waals surface area contributed by atoms with Gasteiger partial charge in [-0.3, -0.25) is 14.2 Å². The van der Waals surface area contributed by atoms with E-state index in [1.165, 1.54) is 0 Å². The average Bonchev–Trinajstić information content (AvgIpc) is 2.96. The van der Waals surface area contributed by atoms with Crippen molar-refractivity contribution < 1.29 is 4.79 Å². The molecule has 0 fully saturated rings. The number of hydrogen-bond donors (Lipinski definition) is 1. The summed E-state index contributed by atoms with van der Waals surface area (Å²) < 4.78 is 3.49. The predicted molar refractivity (Wildman–Crippen MR) is 80.9 cm³/mol. The van der Waals surface area contributed by atoms with Crippen LogP contribution < -0.4 is 5.32 Å².